The van der Waals surface area contributed by atoms with E-state index in [1.807, 2.05) is 6.92 Å². The Bertz CT molecular complexity index is 466. The van der Waals surface area contributed by atoms with E-state index in [9.17, 15) is 9.59 Å². The SMILES string of the molecule is CCCc1cc(C(=O)NCCNC(N)=O)cc(NCC)n1. The van der Waals surface area contributed by atoms with E-state index in [-0.39, 0.29) is 5.91 Å². The molecule has 0 saturated carbocycles. The molecule has 116 valence electrons. The zero-order valence-corrected chi connectivity index (χ0v) is 12.5. The van der Waals surface area contributed by atoms with E-state index in [2.05, 4.69) is 27.9 Å². The number of amides is 3. The number of nitrogens with two attached hydrogens (primary N) is 1. The Morgan fingerprint density at radius 1 is 1.19 bits per heavy atom. The zero-order chi connectivity index (χ0) is 15.7. The Balaban J connectivity index is 2.70. The molecule has 7 heteroatoms. The van der Waals surface area contributed by atoms with Gasteiger partial charge in [-0.05, 0) is 25.5 Å². The fraction of sp³-hybridized carbons (Fsp3) is 0.500. The van der Waals surface area contributed by atoms with Crippen LogP contribution in [0.5, 0.6) is 0 Å². The number of urea groups is 1. The summed E-state index contributed by atoms with van der Waals surface area (Å²) in [6, 6.07) is 2.91. The Hall–Kier alpha value is -2.31. The molecule has 0 spiro atoms. The summed E-state index contributed by atoms with van der Waals surface area (Å²) in [5.74, 6) is 0.504. The van der Waals surface area contributed by atoms with Gasteiger partial charge >= 0.3 is 6.03 Å². The topological polar surface area (TPSA) is 109 Å². The van der Waals surface area contributed by atoms with Crippen LogP contribution in [0.2, 0.25) is 0 Å². The maximum Gasteiger partial charge on any atom is 0.312 e. The highest BCUT2D eigenvalue weighted by Crippen LogP contribution is 2.12. The molecule has 0 fully saturated rings. The largest absolute Gasteiger partial charge is 0.370 e. The Morgan fingerprint density at radius 2 is 1.90 bits per heavy atom. The van der Waals surface area contributed by atoms with Crippen LogP contribution in [-0.2, 0) is 6.42 Å². The summed E-state index contributed by atoms with van der Waals surface area (Å²) in [6.07, 6.45) is 1.79. The van der Waals surface area contributed by atoms with E-state index in [1.165, 1.54) is 0 Å². The molecule has 0 atom stereocenters. The van der Waals surface area contributed by atoms with Crippen molar-refractivity contribution < 1.29 is 9.59 Å². The fourth-order valence-electron chi connectivity index (χ4n) is 1.84. The number of carbonyl (C=O) groups excluding carboxylic acids is 2. The third-order valence-corrected chi connectivity index (χ3v) is 2.71. The molecule has 0 aliphatic heterocycles. The van der Waals surface area contributed by atoms with Gasteiger partial charge in [0.2, 0.25) is 0 Å². The van der Waals surface area contributed by atoms with E-state index >= 15 is 0 Å². The molecule has 0 bridgehead atoms. The van der Waals surface area contributed by atoms with Gasteiger partial charge in [-0.3, -0.25) is 4.79 Å². The maximum absolute atomic E-state index is 12.1. The fourth-order valence-corrected chi connectivity index (χ4v) is 1.84. The summed E-state index contributed by atoms with van der Waals surface area (Å²) >= 11 is 0. The lowest BCUT2D eigenvalue weighted by atomic mass is 10.1. The van der Waals surface area contributed by atoms with E-state index in [0.717, 1.165) is 25.1 Å². The minimum absolute atomic E-state index is 0.194. The number of rotatable bonds is 8. The van der Waals surface area contributed by atoms with Crippen molar-refractivity contribution in [2.45, 2.75) is 26.7 Å². The maximum atomic E-state index is 12.1. The number of nitrogens with one attached hydrogen (secondary N) is 3. The molecule has 7 nitrogen and oxygen atoms in total. The van der Waals surface area contributed by atoms with Gasteiger partial charge in [-0.25, -0.2) is 9.78 Å². The summed E-state index contributed by atoms with van der Waals surface area (Å²) in [5.41, 5.74) is 6.39. The van der Waals surface area contributed by atoms with Gasteiger partial charge in [0.15, 0.2) is 0 Å². The van der Waals surface area contributed by atoms with Crippen molar-refractivity contribution in [1.29, 1.82) is 0 Å². The summed E-state index contributed by atoms with van der Waals surface area (Å²) < 4.78 is 0. The Kier molecular flexibility index (Phi) is 7.00. The van der Waals surface area contributed by atoms with Gasteiger partial charge in [-0.1, -0.05) is 13.3 Å². The van der Waals surface area contributed by atoms with E-state index in [0.29, 0.717) is 24.5 Å². The summed E-state index contributed by atoms with van der Waals surface area (Å²) in [5, 5.41) is 8.26. The number of hydrogen-bond acceptors (Lipinski definition) is 4. The van der Waals surface area contributed by atoms with Gasteiger partial charge in [0.1, 0.15) is 5.82 Å². The van der Waals surface area contributed by atoms with Crippen LogP contribution >= 0.6 is 0 Å². The van der Waals surface area contributed by atoms with Gasteiger partial charge in [0, 0.05) is 30.9 Å². The second-order valence-corrected chi connectivity index (χ2v) is 4.56. The summed E-state index contributed by atoms with van der Waals surface area (Å²) in [6.45, 7) is 5.41. The van der Waals surface area contributed by atoms with E-state index in [4.69, 9.17) is 5.73 Å². The van der Waals surface area contributed by atoms with Gasteiger partial charge < -0.3 is 21.7 Å². The molecule has 1 aromatic rings. The van der Waals surface area contributed by atoms with Crippen LogP contribution in [0.3, 0.4) is 0 Å². The van der Waals surface area contributed by atoms with Crippen molar-refractivity contribution in [3.8, 4) is 0 Å². The molecule has 0 radical (unpaired) electrons. The number of primary amides is 1. The average molecular weight is 293 g/mol. The Morgan fingerprint density at radius 3 is 2.52 bits per heavy atom. The van der Waals surface area contributed by atoms with E-state index in [1.54, 1.807) is 12.1 Å². The number of nitrogens with zero attached hydrogens (tertiary/aromatic N) is 1. The van der Waals surface area contributed by atoms with Crippen LogP contribution in [-0.4, -0.2) is 36.6 Å². The van der Waals surface area contributed by atoms with Crippen LogP contribution in [0.15, 0.2) is 12.1 Å². The first kappa shape index (κ1) is 16.7. The molecule has 0 unspecified atom stereocenters. The van der Waals surface area contributed by atoms with Gasteiger partial charge in [0.25, 0.3) is 5.91 Å². The lowest BCUT2D eigenvalue weighted by molar-refractivity contribution is 0.0953. The van der Waals surface area contributed by atoms with Gasteiger partial charge in [-0.15, -0.1) is 0 Å². The smallest absolute Gasteiger partial charge is 0.312 e. The highest BCUT2D eigenvalue weighted by Gasteiger charge is 2.09. The molecule has 0 aliphatic carbocycles. The molecule has 0 saturated heterocycles. The van der Waals surface area contributed by atoms with Crippen molar-refractivity contribution >= 4 is 17.8 Å². The number of pyridine rings is 1. The molecular formula is C14H23N5O2. The third kappa shape index (κ3) is 6.11. The number of anilines is 1. The summed E-state index contributed by atoms with van der Waals surface area (Å²) in [7, 11) is 0. The minimum Gasteiger partial charge on any atom is -0.370 e. The van der Waals surface area contributed by atoms with E-state index < -0.39 is 6.03 Å². The number of hydrogen-bond donors (Lipinski definition) is 4. The van der Waals surface area contributed by atoms with Crippen LogP contribution < -0.4 is 21.7 Å². The van der Waals surface area contributed by atoms with Crippen molar-refractivity contribution in [3.63, 3.8) is 0 Å². The lowest BCUT2D eigenvalue weighted by Gasteiger charge is -2.10. The Labute approximate surface area is 124 Å². The summed E-state index contributed by atoms with van der Waals surface area (Å²) in [4.78, 5) is 27.1. The van der Waals surface area contributed by atoms with Crippen molar-refractivity contribution in [3.05, 3.63) is 23.4 Å². The minimum atomic E-state index is -0.604. The first-order valence-electron chi connectivity index (χ1n) is 7.13. The quantitative estimate of drug-likeness (QED) is 0.533. The zero-order valence-electron chi connectivity index (χ0n) is 12.5. The standard InChI is InChI=1S/C14H23N5O2/c1-3-5-11-8-10(9-12(19-11)16-4-2)13(20)17-6-7-18-14(15)21/h8-9H,3-7H2,1-2H3,(H,16,19)(H,17,20)(H3,15,18,21). The number of carbonyl (C=O) groups is 2. The molecule has 1 heterocycles. The van der Waals surface area contributed by atoms with Crippen molar-refractivity contribution in [2.24, 2.45) is 5.73 Å². The van der Waals surface area contributed by atoms with Crippen molar-refractivity contribution in [2.75, 3.05) is 25.0 Å². The van der Waals surface area contributed by atoms with Crippen molar-refractivity contribution in [1.82, 2.24) is 15.6 Å². The second-order valence-electron chi connectivity index (χ2n) is 4.56. The molecule has 3 amide bonds. The van der Waals surface area contributed by atoms with Crippen LogP contribution in [0.1, 0.15) is 36.3 Å². The molecule has 0 aliphatic rings. The third-order valence-electron chi connectivity index (χ3n) is 2.71. The predicted octanol–water partition coefficient (Wildman–Crippen LogP) is 0.864. The average Bonchev–Trinajstić information content (AvgIpc) is 2.43. The highest BCUT2D eigenvalue weighted by atomic mass is 16.2. The molecular weight excluding hydrogens is 270 g/mol. The van der Waals surface area contributed by atoms with Gasteiger partial charge in [-0.2, -0.15) is 0 Å². The lowest BCUT2D eigenvalue weighted by Crippen LogP contribution is -2.37. The van der Waals surface area contributed by atoms with Crippen LogP contribution in [0.4, 0.5) is 10.6 Å². The molecule has 5 N–H and O–H groups in total. The van der Waals surface area contributed by atoms with Crippen LogP contribution in [0, 0.1) is 0 Å². The van der Waals surface area contributed by atoms with Crippen LogP contribution in [0.25, 0.3) is 0 Å². The number of aryl methyl sites for hydroxylation is 1. The molecule has 1 aromatic heterocycles. The van der Waals surface area contributed by atoms with Gasteiger partial charge in [0.05, 0.1) is 0 Å². The predicted molar refractivity (Wildman–Crippen MR) is 82.3 cm³/mol. The highest BCUT2D eigenvalue weighted by molar-refractivity contribution is 5.95. The molecule has 1 rings (SSSR count). The monoisotopic (exact) mass is 293 g/mol. The molecule has 0 aromatic carbocycles. The molecule has 21 heavy (non-hydrogen) atoms. The number of aromatic nitrogens is 1. The second kappa shape index (κ2) is 8.78. The first-order valence-corrected chi connectivity index (χ1v) is 7.13. The first-order chi connectivity index (χ1) is 10.1. The normalized spacial score (nSPS) is 10.0.